The molecule has 1 N–H and O–H groups in total. The van der Waals surface area contributed by atoms with Crippen molar-refractivity contribution >= 4 is 17.6 Å². The van der Waals surface area contributed by atoms with Gasteiger partial charge >= 0.3 is 5.97 Å². The second-order valence-corrected chi connectivity index (χ2v) is 4.67. The lowest BCUT2D eigenvalue weighted by Crippen LogP contribution is -2.39. The predicted octanol–water partition coefficient (Wildman–Crippen LogP) is 2.21. The molecule has 1 amide bonds. The molecule has 1 atom stereocenters. The molecule has 0 aliphatic rings. The first-order valence-electron chi connectivity index (χ1n) is 7.35. The molecule has 116 valence electrons. The zero-order chi connectivity index (χ0) is 15.8. The van der Waals surface area contributed by atoms with Gasteiger partial charge in [0, 0.05) is 24.3 Å². The summed E-state index contributed by atoms with van der Waals surface area (Å²) in [6, 6.07) is 6.70. The Morgan fingerprint density at radius 2 is 1.71 bits per heavy atom. The Hall–Kier alpha value is -2.04. The molecule has 0 saturated heterocycles. The molecular formula is C16H24N2O3. The Morgan fingerprint density at radius 1 is 1.14 bits per heavy atom. The zero-order valence-corrected chi connectivity index (χ0v) is 13.2. The Morgan fingerprint density at radius 3 is 2.19 bits per heavy atom. The van der Waals surface area contributed by atoms with E-state index in [0.717, 1.165) is 18.8 Å². The Bertz CT molecular complexity index is 467. The van der Waals surface area contributed by atoms with E-state index in [9.17, 15) is 9.59 Å². The fraction of sp³-hybridized carbons (Fsp3) is 0.500. The van der Waals surface area contributed by atoms with Gasteiger partial charge in [0.1, 0.15) is 6.04 Å². The SMILES string of the molecule is CCOC(=O)C(C)NC(=O)c1ccc(N(CC)CC)cc1. The van der Waals surface area contributed by atoms with Crippen LogP contribution in [0, 0.1) is 0 Å². The van der Waals surface area contributed by atoms with Crippen LogP contribution >= 0.6 is 0 Å². The molecule has 0 aliphatic carbocycles. The molecule has 1 aromatic rings. The van der Waals surface area contributed by atoms with Crippen molar-refractivity contribution in [2.24, 2.45) is 0 Å². The Labute approximate surface area is 126 Å². The highest BCUT2D eigenvalue weighted by molar-refractivity contribution is 5.96. The van der Waals surface area contributed by atoms with Gasteiger partial charge in [0.05, 0.1) is 6.61 Å². The number of rotatable bonds is 7. The number of amides is 1. The minimum atomic E-state index is -0.653. The van der Waals surface area contributed by atoms with Gasteiger partial charge in [0.25, 0.3) is 5.91 Å². The summed E-state index contributed by atoms with van der Waals surface area (Å²) in [5.74, 6) is -0.702. The molecule has 0 saturated carbocycles. The topological polar surface area (TPSA) is 58.6 Å². The lowest BCUT2D eigenvalue weighted by atomic mass is 10.1. The molecule has 0 heterocycles. The number of carbonyl (C=O) groups is 2. The second kappa shape index (κ2) is 8.29. The van der Waals surface area contributed by atoms with E-state index in [2.05, 4.69) is 24.1 Å². The molecule has 1 unspecified atom stereocenters. The predicted molar refractivity (Wildman–Crippen MR) is 83.6 cm³/mol. The maximum atomic E-state index is 12.1. The largest absolute Gasteiger partial charge is 0.464 e. The third-order valence-electron chi connectivity index (χ3n) is 3.25. The zero-order valence-electron chi connectivity index (χ0n) is 13.2. The minimum Gasteiger partial charge on any atom is -0.464 e. The van der Waals surface area contributed by atoms with Crippen LogP contribution in [0.25, 0.3) is 0 Å². The summed E-state index contributed by atoms with van der Waals surface area (Å²) in [5, 5.41) is 2.63. The van der Waals surface area contributed by atoms with Crippen LogP contribution in [-0.4, -0.2) is 37.6 Å². The van der Waals surface area contributed by atoms with E-state index in [-0.39, 0.29) is 5.91 Å². The van der Waals surface area contributed by atoms with E-state index < -0.39 is 12.0 Å². The van der Waals surface area contributed by atoms with E-state index in [1.54, 1.807) is 26.0 Å². The van der Waals surface area contributed by atoms with E-state index >= 15 is 0 Å². The van der Waals surface area contributed by atoms with Gasteiger partial charge < -0.3 is 15.0 Å². The molecular weight excluding hydrogens is 268 g/mol. The van der Waals surface area contributed by atoms with Crippen LogP contribution < -0.4 is 10.2 Å². The van der Waals surface area contributed by atoms with Crippen LogP contribution in [0.1, 0.15) is 38.1 Å². The lowest BCUT2D eigenvalue weighted by Gasteiger charge is -2.21. The van der Waals surface area contributed by atoms with Crippen LogP contribution in [0.3, 0.4) is 0 Å². The number of benzene rings is 1. The van der Waals surface area contributed by atoms with E-state index in [1.807, 2.05) is 12.1 Å². The standard InChI is InChI=1S/C16H24N2O3/c1-5-18(6-2)14-10-8-13(9-11-14)15(19)17-12(4)16(20)21-7-3/h8-12H,5-7H2,1-4H3,(H,17,19). The maximum absolute atomic E-state index is 12.1. The highest BCUT2D eigenvalue weighted by atomic mass is 16.5. The van der Waals surface area contributed by atoms with Crippen molar-refractivity contribution in [3.8, 4) is 0 Å². The number of ether oxygens (including phenoxy) is 1. The quantitative estimate of drug-likeness (QED) is 0.783. The fourth-order valence-electron chi connectivity index (χ4n) is 2.02. The molecule has 0 radical (unpaired) electrons. The van der Waals surface area contributed by atoms with Crippen LogP contribution in [-0.2, 0) is 9.53 Å². The minimum absolute atomic E-state index is 0.276. The number of nitrogens with one attached hydrogen (secondary N) is 1. The van der Waals surface area contributed by atoms with Crippen LogP contribution in [0.2, 0.25) is 0 Å². The maximum Gasteiger partial charge on any atom is 0.328 e. The summed E-state index contributed by atoms with van der Waals surface area (Å²) in [6.45, 7) is 9.66. The van der Waals surface area contributed by atoms with Gasteiger partial charge in [-0.3, -0.25) is 4.79 Å². The van der Waals surface area contributed by atoms with Gasteiger partial charge in [0.15, 0.2) is 0 Å². The molecule has 0 spiro atoms. The second-order valence-electron chi connectivity index (χ2n) is 4.67. The van der Waals surface area contributed by atoms with Crippen LogP contribution in [0.5, 0.6) is 0 Å². The monoisotopic (exact) mass is 292 g/mol. The fourth-order valence-corrected chi connectivity index (χ4v) is 2.02. The number of carbonyl (C=O) groups excluding carboxylic acids is 2. The number of hydrogen-bond acceptors (Lipinski definition) is 4. The van der Waals surface area contributed by atoms with Gasteiger partial charge in [-0.25, -0.2) is 4.79 Å². The first kappa shape index (κ1) is 17.0. The molecule has 1 rings (SSSR count). The summed E-state index contributed by atoms with van der Waals surface area (Å²) in [4.78, 5) is 25.7. The molecule has 1 aromatic carbocycles. The van der Waals surface area contributed by atoms with Gasteiger partial charge in [-0.1, -0.05) is 0 Å². The normalized spacial score (nSPS) is 11.6. The number of nitrogens with zero attached hydrogens (tertiary/aromatic N) is 1. The first-order chi connectivity index (χ1) is 10.0. The highest BCUT2D eigenvalue weighted by Gasteiger charge is 2.17. The third kappa shape index (κ3) is 4.77. The Kier molecular flexibility index (Phi) is 6.72. The van der Waals surface area contributed by atoms with Crippen molar-refractivity contribution in [2.75, 3.05) is 24.6 Å². The van der Waals surface area contributed by atoms with Crippen LogP contribution in [0.15, 0.2) is 24.3 Å². The number of esters is 1. The average molecular weight is 292 g/mol. The van der Waals surface area contributed by atoms with Crippen molar-refractivity contribution < 1.29 is 14.3 Å². The van der Waals surface area contributed by atoms with Crippen molar-refractivity contribution in [3.63, 3.8) is 0 Å². The lowest BCUT2D eigenvalue weighted by molar-refractivity contribution is -0.144. The van der Waals surface area contributed by atoms with Crippen molar-refractivity contribution in [1.29, 1.82) is 0 Å². The van der Waals surface area contributed by atoms with Crippen molar-refractivity contribution in [3.05, 3.63) is 29.8 Å². The summed E-state index contributed by atoms with van der Waals surface area (Å²) >= 11 is 0. The Balaban J connectivity index is 2.69. The molecule has 0 bridgehead atoms. The number of anilines is 1. The van der Waals surface area contributed by atoms with Gasteiger partial charge in [-0.05, 0) is 52.0 Å². The van der Waals surface area contributed by atoms with Gasteiger partial charge in [-0.2, -0.15) is 0 Å². The molecule has 5 heteroatoms. The average Bonchev–Trinajstić information content (AvgIpc) is 2.49. The number of hydrogen-bond donors (Lipinski definition) is 1. The molecule has 0 aromatic heterocycles. The summed E-state index contributed by atoms with van der Waals surface area (Å²) < 4.78 is 4.86. The van der Waals surface area contributed by atoms with Crippen molar-refractivity contribution in [2.45, 2.75) is 33.7 Å². The third-order valence-corrected chi connectivity index (χ3v) is 3.25. The molecule has 0 fully saturated rings. The summed E-state index contributed by atoms with van der Waals surface area (Å²) in [5.41, 5.74) is 1.61. The van der Waals surface area contributed by atoms with Gasteiger partial charge in [0.2, 0.25) is 0 Å². The highest BCUT2D eigenvalue weighted by Crippen LogP contribution is 2.15. The first-order valence-corrected chi connectivity index (χ1v) is 7.35. The van der Waals surface area contributed by atoms with Crippen molar-refractivity contribution in [1.82, 2.24) is 5.32 Å². The summed E-state index contributed by atoms with van der Waals surface area (Å²) in [6.07, 6.45) is 0. The molecule has 5 nitrogen and oxygen atoms in total. The smallest absolute Gasteiger partial charge is 0.328 e. The molecule has 0 aliphatic heterocycles. The van der Waals surface area contributed by atoms with Crippen LogP contribution in [0.4, 0.5) is 5.69 Å². The molecule has 21 heavy (non-hydrogen) atoms. The van der Waals surface area contributed by atoms with E-state index in [4.69, 9.17) is 4.74 Å². The van der Waals surface area contributed by atoms with E-state index in [1.165, 1.54) is 0 Å². The van der Waals surface area contributed by atoms with E-state index in [0.29, 0.717) is 12.2 Å². The summed E-state index contributed by atoms with van der Waals surface area (Å²) in [7, 11) is 0. The van der Waals surface area contributed by atoms with Gasteiger partial charge in [-0.15, -0.1) is 0 Å².